The molecule has 2 heterocycles. The van der Waals surface area contributed by atoms with Gasteiger partial charge in [-0.2, -0.15) is 0 Å². The summed E-state index contributed by atoms with van der Waals surface area (Å²) in [4.78, 5) is 54.5. The van der Waals surface area contributed by atoms with Crippen LogP contribution in [0.5, 0.6) is 5.75 Å². The Bertz CT molecular complexity index is 1270. The fourth-order valence-electron chi connectivity index (χ4n) is 6.12. The van der Waals surface area contributed by atoms with Gasteiger partial charge in [0.1, 0.15) is 5.75 Å². The number of amides is 3. The quantitative estimate of drug-likeness (QED) is 0.295. The van der Waals surface area contributed by atoms with E-state index in [2.05, 4.69) is 12.2 Å². The molecule has 1 saturated carbocycles. The second-order valence-corrected chi connectivity index (χ2v) is 10.1. The minimum Gasteiger partial charge on any atom is -0.426 e. The highest BCUT2D eigenvalue weighted by Crippen LogP contribution is 2.53. The summed E-state index contributed by atoms with van der Waals surface area (Å²) in [6.45, 7) is 4.05. The van der Waals surface area contributed by atoms with Crippen molar-refractivity contribution in [1.82, 2.24) is 0 Å². The minimum atomic E-state index is -0.562. The Labute approximate surface area is 203 Å². The highest BCUT2D eigenvalue weighted by atomic mass is 16.5. The Hall–Kier alpha value is -3.74. The molecule has 2 saturated heterocycles. The lowest BCUT2D eigenvalue weighted by molar-refractivity contribution is -0.139. The molecule has 0 radical (unpaired) electrons. The van der Waals surface area contributed by atoms with Crippen molar-refractivity contribution < 1.29 is 23.9 Å². The van der Waals surface area contributed by atoms with Gasteiger partial charge in [0.05, 0.1) is 23.4 Å². The van der Waals surface area contributed by atoms with Gasteiger partial charge in [-0.25, -0.2) is 4.90 Å². The number of anilines is 2. The molecule has 3 amide bonds. The Balaban J connectivity index is 1.15. The number of hydrogen-bond donors (Lipinski definition) is 0. The zero-order chi connectivity index (χ0) is 24.4. The number of carbonyl (C=O) groups excluding carboxylic acids is 4. The molecule has 6 rings (SSSR count). The predicted octanol–water partition coefficient (Wildman–Crippen LogP) is 3.57. The largest absolute Gasteiger partial charge is 0.426 e. The average Bonchev–Trinajstić information content (AvgIpc) is 3.59. The molecule has 0 aromatic heterocycles. The van der Waals surface area contributed by atoms with Gasteiger partial charge in [0, 0.05) is 18.7 Å². The van der Waals surface area contributed by atoms with Gasteiger partial charge in [0.15, 0.2) is 0 Å². The molecule has 4 aliphatic rings. The smallest absolute Gasteiger partial charge is 0.316 e. The van der Waals surface area contributed by atoms with Gasteiger partial charge in [0.25, 0.3) is 0 Å². The van der Waals surface area contributed by atoms with E-state index in [-0.39, 0.29) is 54.4 Å². The van der Waals surface area contributed by atoms with Crippen LogP contribution in [-0.2, 0) is 19.2 Å². The van der Waals surface area contributed by atoms with Crippen molar-refractivity contribution in [3.05, 3.63) is 65.7 Å². The van der Waals surface area contributed by atoms with Gasteiger partial charge in [0.2, 0.25) is 17.7 Å². The molecule has 5 atom stereocenters. The average molecular weight is 471 g/mol. The summed E-state index contributed by atoms with van der Waals surface area (Å²) in [5, 5.41) is 0. The van der Waals surface area contributed by atoms with Crippen LogP contribution in [0.4, 0.5) is 11.4 Å². The van der Waals surface area contributed by atoms with E-state index >= 15 is 0 Å². The lowest BCUT2D eigenvalue weighted by atomic mass is 9.85. The maximum atomic E-state index is 13.1. The molecular weight excluding hydrogens is 444 g/mol. The Kier molecular flexibility index (Phi) is 4.91. The van der Waals surface area contributed by atoms with Crippen molar-refractivity contribution in [2.75, 3.05) is 16.3 Å². The first-order valence-electron chi connectivity index (χ1n) is 12.1. The monoisotopic (exact) mass is 470 g/mol. The summed E-state index contributed by atoms with van der Waals surface area (Å²) in [6.07, 6.45) is 5.13. The Morgan fingerprint density at radius 2 is 1.57 bits per heavy atom. The van der Waals surface area contributed by atoms with Crippen LogP contribution < -0.4 is 14.5 Å². The molecule has 0 N–H and O–H groups in total. The van der Waals surface area contributed by atoms with Gasteiger partial charge in [-0.15, -0.1) is 0 Å². The SMILES string of the molecule is Cc1ccc(N2C[C@@H](C(=O)Oc3ccc(N4C(=O)[C@@H]5[C@@H](C4=O)[C@H]4C=C[C@@H]5C4)c(C)c3)CC2=O)cc1. The van der Waals surface area contributed by atoms with Crippen LogP contribution in [0.1, 0.15) is 24.0 Å². The number of nitrogens with zero attached hydrogens (tertiary/aromatic N) is 2. The van der Waals surface area contributed by atoms with Crippen molar-refractivity contribution in [1.29, 1.82) is 0 Å². The first-order chi connectivity index (χ1) is 16.8. The van der Waals surface area contributed by atoms with Crippen molar-refractivity contribution in [3.63, 3.8) is 0 Å². The molecule has 2 aliphatic carbocycles. The molecule has 3 fully saturated rings. The van der Waals surface area contributed by atoms with Crippen molar-refractivity contribution >= 4 is 35.1 Å². The summed E-state index contributed by atoms with van der Waals surface area (Å²) >= 11 is 0. The number of hydrogen-bond acceptors (Lipinski definition) is 5. The van der Waals surface area contributed by atoms with Crippen LogP contribution in [0.3, 0.4) is 0 Å². The summed E-state index contributed by atoms with van der Waals surface area (Å²) in [6, 6.07) is 12.6. The van der Waals surface area contributed by atoms with Gasteiger partial charge in [-0.3, -0.25) is 19.2 Å². The first kappa shape index (κ1) is 21.8. The van der Waals surface area contributed by atoms with E-state index in [1.165, 1.54) is 4.90 Å². The van der Waals surface area contributed by atoms with Crippen molar-refractivity contribution in [2.45, 2.75) is 26.7 Å². The fraction of sp³-hybridized carbons (Fsp3) is 0.357. The number of benzene rings is 2. The summed E-state index contributed by atoms with van der Waals surface area (Å²) in [7, 11) is 0. The third-order valence-electron chi connectivity index (χ3n) is 7.90. The number of fused-ring (bicyclic) bond motifs is 5. The molecule has 178 valence electrons. The first-order valence-corrected chi connectivity index (χ1v) is 12.1. The molecular formula is C28H26N2O5. The number of esters is 1. The lowest BCUT2D eigenvalue weighted by Gasteiger charge is -2.20. The standard InChI is InChI=1S/C28H26N2O5/c1-15-3-7-20(8-4-15)29-14-19(13-23(29)31)28(34)35-21-9-10-22(16(2)11-21)30-26(32)24-17-5-6-18(12-17)25(24)27(30)33/h3-11,17-19,24-25H,12-14H2,1-2H3/t17-,18+,19-,24-,25-/m0/s1. The van der Waals surface area contributed by atoms with Gasteiger partial charge >= 0.3 is 5.97 Å². The number of carbonyl (C=O) groups is 4. The van der Waals surface area contributed by atoms with E-state index < -0.39 is 11.9 Å². The Morgan fingerprint density at radius 3 is 2.20 bits per heavy atom. The normalized spacial score (nSPS) is 28.9. The zero-order valence-corrected chi connectivity index (χ0v) is 19.6. The van der Waals surface area contributed by atoms with E-state index in [0.29, 0.717) is 17.0 Å². The lowest BCUT2D eigenvalue weighted by Crippen LogP contribution is -2.33. The van der Waals surface area contributed by atoms with Crippen LogP contribution in [0.15, 0.2) is 54.6 Å². The van der Waals surface area contributed by atoms with E-state index in [1.807, 2.05) is 31.2 Å². The molecule has 2 aliphatic heterocycles. The number of aryl methyl sites for hydroxylation is 2. The summed E-state index contributed by atoms with van der Waals surface area (Å²) in [5.41, 5.74) is 3.08. The van der Waals surface area contributed by atoms with E-state index in [9.17, 15) is 19.2 Å². The Morgan fingerprint density at radius 1 is 0.914 bits per heavy atom. The zero-order valence-electron chi connectivity index (χ0n) is 19.6. The maximum Gasteiger partial charge on any atom is 0.316 e. The molecule has 7 heteroatoms. The molecule has 0 unspecified atom stereocenters. The van der Waals surface area contributed by atoms with Crippen LogP contribution in [-0.4, -0.2) is 30.2 Å². The summed E-state index contributed by atoms with van der Waals surface area (Å²) in [5.74, 6) is -1.28. The fourth-order valence-corrected chi connectivity index (χ4v) is 6.12. The highest BCUT2D eigenvalue weighted by molar-refractivity contribution is 6.23. The topological polar surface area (TPSA) is 84.0 Å². The van der Waals surface area contributed by atoms with Crippen LogP contribution >= 0.6 is 0 Å². The second-order valence-electron chi connectivity index (χ2n) is 10.1. The summed E-state index contributed by atoms with van der Waals surface area (Å²) < 4.78 is 5.60. The highest BCUT2D eigenvalue weighted by Gasteiger charge is 2.59. The van der Waals surface area contributed by atoms with E-state index in [1.54, 1.807) is 30.0 Å². The number of rotatable bonds is 4. The van der Waals surface area contributed by atoms with Gasteiger partial charge in [-0.05, 0) is 68.0 Å². The predicted molar refractivity (Wildman–Crippen MR) is 129 cm³/mol. The molecule has 35 heavy (non-hydrogen) atoms. The molecule has 2 aromatic rings. The maximum absolute atomic E-state index is 13.1. The number of ether oxygens (including phenoxy) is 1. The third kappa shape index (κ3) is 3.40. The van der Waals surface area contributed by atoms with Crippen molar-refractivity contribution in [3.8, 4) is 5.75 Å². The molecule has 2 bridgehead atoms. The van der Waals surface area contributed by atoms with Gasteiger partial charge in [-0.1, -0.05) is 29.8 Å². The number of imide groups is 1. The second kappa shape index (κ2) is 7.90. The third-order valence-corrected chi connectivity index (χ3v) is 7.90. The van der Waals surface area contributed by atoms with Crippen LogP contribution in [0.25, 0.3) is 0 Å². The van der Waals surface area contributed by atoms with E-state index in [0.717, 1.165) is 17.7 Å². The van der Waals surface area contributed by atoms with Crippen LogP contribution in [0.2, 0.25) is 0 Å². The van der Waals surface area contributed by atoms with Crippen LogP contribution in [0, 0.1) is 43.4 Å². The van der Waals surface area contributed by atoms with Gasteiger partial charge < -0.3 is 9.64 Å². The van der Waals surface area contributed by atoms with E-state index in [4.69, 9.17) is 4.74 Å². The molecule has 7 nitrogen and oxygen atoms in total. The van der Waals surface area contributed by atoms with Crippen molar-refractivity contribution in [2.24, 2.45) is 29.6 Å². The number of allylic oxidation sites excluding steroid dienone is 2. The molecule has 2 aromatic carbocycles. The molecule has 0 spiro atoms. The minimum absolute atomic E-state index is 0.0969.